The zero-order chi connectivity index (χ0) is 20.6. The summed E-state index contributed by atoms with van der Waals surface area (Å²) in [5, 5.41) is 9.49. The SMILES string of the molecule is COc1ccc(NC(=O)c2cc3n(n2)[C@@H](C(F)(F)F)C[C@H](c2ccco2)N3)cc1. The van der Waals surface area contributed by atoms with E-state index in [0.717, 1.165) is 4.68 Å². The number of hydrogen-bond acceptors (Lipinski definition) is 5. The summed E-state index contributed by atoms with van der Waals surface area (Å²) < 4.78 is 52.0. The van der Waals surface area contributed by atoms with E-state index in [2.05, 4.69) is 15.7 Å². The third-order valence-electron chi connectivity index (χ3n) is 4.66. The van der Waals surface area contributed by atoms with E-state index in [-0.39, 0.29) is 17.9 Å². The molecule has 0 radical (unpaired) electrons. The summed E-state index contributed by atoms with van der Waals surface area (Å²) in [6, 6.07) is 8.51. The predicted molar refractivity (Wildman–Crippen MR) is 98.0 cm³/mol. The molecule has 10 heteroatoms. The highest BCUT2D eigenvalue weighted by atomic mass is 19.4. The van der Waals surface area contributed by atoms with Crippen LogP contribution in [0.2, 0.25) is 0 Å². The first-order chi connectivity index (χ1) is 13.8. The Morgan fingerprint density at radius 3 is 2.69 bits per heavy atom. The van der Waals surface area contributed by atoms with Gasteiger partial charge in [0.2, 0.25) is 0 Å². The molecular formula is C19H17F3N4O3. The van der Waals surface area contributed by atoms with Crippen molar-refractivity contribution in [2.45, 2.75) is 24.7 Å². The number of alkyl halides is 3. The monoisotopic (exact) mass is 406 g/mol. The molecule has 0 fully saturated rings. The van der Waals surface area contributed by atoms with Gasteiger partial charge in [-0.25, -0.2) is 4.68 Å². The minimum Gasteiger partial charge on any atom is -0.497 e. The Labute approximate surface area is 163 Å². The number of methoxy groups -OCH3 is 1. The topological polar surface area (TPSA) is 81.3 Å². The summed E-state index contributed by atoms with van der Waals surface area (Å²) in [7, 11) is 1.52. The Balaban J connectivity index is 1.60. The van der Waals surface area contributed by atoms with Gasteiger partial charge in [-0.05, 0) is 36.4 Å². The van der Waals surface area contributed by atoms with Crippen LogP contribution >= 0.6 is 0 Å². The van der Waals surface area contributed by atoms with Crippen molar-refractivity contribution in [3.05, 3.63) is 60.2 Å². The zero-order valence-electron chi connectivity index (χ0n) is 15.2. The molecular weight excluding hydrogens is 389 g/mol. The normalized spacial score (nSPS) is 18.6. The molecule has 4 rings (SSSR count). The van der Waals surface area contributed by atoms with Crippen molar-refractivity contribution in [1.29, 1.82) is 0 Å². The maximum atomic E-state index is 13.6. The first-order valence-electron chi connectivity index (χ1n) is 8.77. The van der Waals surface area contributed by atoms with Crippen LogP contribution in [0, 0.1) is 0 Å². The van der Waals surface area contributed by atoms with Gasteiger partial charge >= 0.3 is 6.18 Å². The van der Waals surface area contributed by atoms with Crippen LogP contribution in [0.15, 0.2) is 53.1 Å². The average Bonchev–Trinajstić information content (AvgIpc) is 3.36. The molecule has 0 aliphatic carbocycles. The van der Waals surface area contributed by atoms with Crippen molar-refractivity contribution < 1.29 is 27.1 Å². The summed E-state index contributed by atoms with van der Waals surface area (Å²) in [4.78, 5) is 12.5. The third-order valence-corrected chi connectivity index (χ3v) is 4.66. The number of rotatable bonds is 4. The van der Waals surface area contributed by atoms with Crippen LogP contribution in [-0.4, -0.2) is 29.0 Å². The Kier molecular flexibility index (Phi) is 4.69. The molecule has 1 amide bonds. The highest BCUT2D eigenvalue weighted by Crippen LogP contribution is 2.43. The number of halogens is 3. The average molecular weight is 406 g/mol. The van der Waals surface area contributed by atoms with Crippen LogP contribution in [0.5, 0.6) is 5.75 Å². The molecule has 29 heavy (non-hydrogen) atoms. The van der Waals surface area contributed by atoms with Gasteiger partial charge in [0.15, 0.2) is 11.7 Å². The summed E-state index contributed by atoms with van der Waals surface area (Å²) in [5.41, 5.74) is 0.341. The minimum atomic E-state index is -4.53. The molecule has 0 unspecified atom stereocenters. The second-order valence-corrected chi connectivity index (χ2v) is 6.55. The van der Waals surface area contributed by atoms with E-state index in [1.807, 2.05) is 0 Å². The first kappa shape index (κ1) is 18.9. The number of carbonyl (C=O) groups excluding carboxylic acids is 1. The molecule has 0 bridgehead atoms. The number of furan rings is 1. The highest BCUT2D eigenvalue weighted by molar-refractivity contribution is 6.03. The van der Waals surface area contributed by atoms with E-state index >= 15 is 0 Å². The highest BCUT2D eigenvalue weighted by Gasteiger charge is 2.47. The lowest BCUT2D eigenvalue weighted by molar-refractivity contribution is -0.174. The zero-order valence-corrected chi connectivity index (χ0v) is 15.2. The lowest BCUT2D eigenvalue weighted by Gasteiger charge is -2.32. The number of ether oxygens (including phenoxy) is 1. The number of aromatic nitrogens is 2. The number of amides is 1. The Hall–Kier alpha value is -3.43. The fraction of sp³-hybridized carbons (Fsp3) is 0.263. The molecule has 0 saturated carbocycles. The summed E-state index contributed by atoms with van der Waals surface area (Å²) >= 11 is 0. The third kappa shape index (κ3) is 3.78. The van der Waals surface area contributed by atoms with Crippen molar-refractivity contribution in [1.82, 2.24) is 9.78 Å². The molecule has 152 valence electrons. The molecule has 1 aliphatic heterocycles. The minimum absolute atomic E-state index is 0.0971. The number of fused-ring (bicyclic) bond motifs is 1. The molecule has 3 aromatic rings. The molecule has 2 atom stereocenters. The Morgan fingerprint density at radius 1 is 1.31 bits per heavy atom. The standard InChI is InChI=1S/C19H17F3N4O3/c1-28-12-6-4-11(5-7-12)23-18(27)14-10-17-24-13(15-3-2-8-29-15)9-16(19(20,21)22)26(17)25-14/h2-8,10,13,16,24H,9H2,1H3,(H,23,27)/t13-,16-/m1/s1. The van der Waals surface area contributed by atoms with Crippen LogP contribution in [0.3, 0.4) is 0 Å². The molecule has 0 saturated heterocycles. The number of hydrogen-bond donors (Lipinski definition) is 2. The van der Waals surface area contributed by atoms with E-state index in [1.165, 1.54) is 19.4 Å². The maximum Gasteiger partial charge on any atom is 0.410 e. The fourth-order valence-electron chi connectivity index (χ4n) is 3.23. The Morgan fingerprint density at radius 2 is 2.07 bits per heavy atom. The summed E-state index contributed by atoms with van der Waals surface area (Å²) in [6.07, 6.45) is -3.43. The van der Waals surface area contributed by atoms with Crippen LogP contribution < -0.4 is 15.4 Å². The maximum absolute atomic E-state index is 13.6. The molecule has 2 N–H and O–H groups in total. The van der Waals surface area contributed by atoms with E-state index < -0.39 is 24.2 Å². The Bertz CT molecular complexity index is 997. The van der Waals surface area contributed by atoms with Gasteiger partial charge in [0.1, 0.15) is 17.3 Å². The smallest absolute Gasteiger partial charge is 0.410 e. The van der Waals surface area contributed by atoms with E-state index in [9.17, 15) is 18.0 Å². The molecule has 7 nitrogen and oxygen atoms in total. The van der Waals surface area contributed by atoms with Gasteiger partial charge in [-0.2, -0.15) is 18.3 Å². The van der Waals surface area contributed by atoms with E-state index in [1.54, 1.807) is 36.4 Å². The molecule has 2 aromatic heterocycles. The summed E-state index contributed by atoms with van der Waals surface area (Å²) in [6.45, 7) is 0. The molecule has 0 spiro atoms. The van der Waals surface area contributed by atoms with Crippen LogP contribution in [-0.2, 0) is 0 Å². The largest absolute Gasteiger partial charge is 0.497 e. The fourth-order valence-corrected chi connectivity index (χ4v) is 3.23. The van der Waals surface area contributed by atoms with E-state index in [4.69, 9.17) is 9.15 Å². The first-order valence-corrected chi connectivity index (χ1v) is 8.77. The number of anilines is 2. The second kappa shape index (κ2) is 7.19. The van der Waals surface area contributed by atoms with Gasteiger partial charge in [0.05, 0.1) is 19.4 Å². The molecule has 3 heterocycles. The number of nitrogens with one attached hydrogen (secondary N) is 2. The van der Waals surface area contributed by atoms with Gasteiger partial charge < -0.3 is 19.8 Å². The van der Waals surface area contributed by atoms with Crippen molar-refractivity contribution in [3.8, 4) is 5.75 Å². The van der Waals surface area contributed by atoms with Crippen molar-refractivity contribution >= 4 is 17.4 Å². The lowest BCUT2D eigenvalue weighted by atomic mass is 10.0. The molecule has 1 aromatic carbocycles. The quantitative estimate of drug-likeness (QED) is 0.671. The number of benzene rings is 1. The second-order valence-electron chi connectivity index (χ2n) is 6.55. The van der Waals surface area contributed by atoms with Crippen molar-refractivity contribution in [2.75, 3.05) is 17.7 Å². The number of carbonyl (C=O) groups is 1. The van der Waals surface area contributed by atoms with Crippen LogP contribution in [0.4, 0.5) is 24.7 Å². The van der Waals surface area contributed by atoms with E-state index in [0.29, 0.717) is 17.2 Å². The van der Waals surface area contributed by atoms with Crippen molar-refractivity contribution in [3.63, 3.8) is 0 Å². The summed E-state index contributed by atoms with van der Waals surface area (Å²) in [5.74, 6) is 0.478. The van der Waals surface area contributed by atoms with Crippen LogP contribution in [0.1, 0.15) is 34.8 Å². The van der Waals surface area contributed by atoms with Crippen molar-refractivity contribution in [2.24, 2.45) is 0 Å². The van der Waals surface area contributed by atoms with Gasteiger partial charge in [0.25, 0.3) is 5.91 Å². The number of nitrogens with zero attached hydrogens (tertiary/aromatic N) is 2. The predicted octanol–water partition coefficient (Wildman–Crippen LogP) is 4.40. The van der Waals surface area contributed by atoms with Gasteiger partial charge in [-0.15, -0.1) is 0 Å². The van der Waals surface area contributed by atoms with Gasteiger partial charge in [0, 0.05) is 18.2 Å². The van der Waals surface area contributed by atoms with Gasteiger partial charge in [-0.1, -0.05) is 0 Å². The van der Waals surface area contributed by atoms with Gasteiger partial charge in [-0.3, -0.25) is 4.79 Å². The van der Waals surface area contributed by atoms with Crippen LogP contribution in [0.25, 0.3) is 0 Å². The lowest BCUT2D eigenvalue weighted by Crippen LogP contribution is -2.35. The molecule has 1 aliphatic rings.